The van der Waals surface area contributed by atoms with Crippen LogP contribution in [-0.2, 0) is 17.6 Å². The van der Waals surface area contributed by atoms with E-state index in [1.54, 1.807) is 7.11 Å². The lowest BCUT2D eigenvalue weighted by atomic mass is 9.92. The highest BCUT2D eigenvalue weighted by Crippen LogP contribution is 2.35. The number of benzene rings is 1. The number of methoxy groups -OCH3 is 1. The Morgan fingerprint density at radius 3 is 2.81 bits per heavy atom. The molecular formula is C13H17BrO2. The molecule has 1 aliphatic carbocycles. The van der Waals surface area contributed by atoms with Crippen molar-refractivity contribution in [1.29, 1.82) is 0 Å². The second kappa shape index (κ2) is 5.69. The van der Waals surface area contributed by atoms with E-state index in [1.807, 2.05) is 0 Å². The topological polar surface area (TPSA) is 18.5 Å². The van der Waals surface area contributed by atoms with Crippen LogP contribution in [0, 0.1) is 0 Å². The van der Waals surface area contributed by atoms with Gasteiger partial charge in [-0.15, -0.1) is 0 Å². The number of halogens is 1. The molecule has 0 N–H and O–H groups in total. The predicted molar refractivity (Wildman–Crippen MR) is 68.2 cm³/mol. The highest BCUT2D eigenvalue weighted by Gasteiger charge is 2.15. The number of ether oxygens (including phenoxy) is 2. The van der Waals surface area contributed by atoms with Crippen LogP contribution in [0.3, 0.4) is 0 Å². The molecule has 0 saturated heterocycles. The largest absolute Gasteiger partial charge is 0.490 e. The van der Waals surface area contributed by atoms with Gasteiger partial charge in [-0.25, -0.2) is 0 Å². The van der Waals surface area contributed by atoms with Gasteiger partial charge in [0.15, 0.2) is 0 Å². The molecule has 0 saturated carbocycles. The summed E-state index contributed by atoms with van der Waals surface area (Å²) in [6, 6.07) is 4.26. The Morgan fingerprint density at radius 2 is 2.00 bits per heavy atom. The van der Waals surface area contributed by atoms with Crippen LogP contribution < -0.4 is 4.74 Å². The van der Waals surface area contributed by atoms with Crippen LogP contribution in [0.25, 0.3) is 0 Å². The van der Waals surface area contributed by atoms with Gasteiger partial charge in [-0.2, -0.15) is 0 Å². The molecule has 1 aromatic rings. The summed E-state index contributed by atoms with van der Waals surface area (Å²) in [5, 5.41) is 0. The molecule has 0 radical (unpaired) electrons. The average molecular weight is 285 g/mol. The molecule has 0 amide bonds. The molecule has 0 unspecified atom stereocenters. The molecular weight excluding hydrogens is 268 g/mol. The molecule has 2 nitrogen and oxygen atoms in total. The number of rotatable bonds is 4. The van der Waals surface area contributed by atoms with Gasteiger partial charge in [-0.3, -0.25) is 0 Å². The molecule has 0 spiro atoms. The van der Waals surface area contributed by atoms with Gasteiger partial charge in [0.05, 0.1) is 11.1 Å². The quantitative estimate of drug-likeness (QED) is 0.790. The molecule has 2 rings (SSSR count). The van der Waals surface area contributed by atoms with Crippen LogP contribution in [0.4, 0.5) is 0 Å². The maximum atomic E-state index is 5.67. The standard InChI is InChI=1S/C13H17BrO2/c1-15-8-9-16-12-7-6-10-4-2-3-5-11(10)13(12)14/h6-7H,2-5,8-9H2,1H3. The molecule has 0 aromatic heterocycles. The molecule has 16 heavy (non-hydrogen) atoms. The maximum Gasteiger partial charge on any atom is 0.133 e. The Balaban J connectivity index is 2.14. The first kappa shape index (κ1) is 11.9. The minimum atomic E-state index is 0.605. The van der Waals surface area contributed by atoms with Gasteiger partial charge in [0.1, 0.15) is 12.4 Å². The predicted octanol–water partition coefficient (Wildman–Crippen LogP) is 3.35. The molecule has 0 fully saturated rings. The van der Waals surface area contributed by atoms with Crippen LogP contribution >= 0.6 is 15.9 Å². The van der Waals surface area contributed by atoms with E-state index in [-0.39, 0.29) is 0 Å². The van der Waals surface area contributed by atoms with Crippen molar-refractivity contribution in [2.45, 2.75) is 25.7 Å². The highest BCUT2D eigenvalue weighted by molar-refractivity contribution is 9.10. The number of aryl methyl sites for hydroxylation is 1. The molecule has 88 valence electrons. The molecule has 1 aromatic carbocycles. The second-order valence-corrected chi connectivity index (χ2v) is 4.86. The van der Waals surface area contributed by atoms with Gasteiger partial charge >= 0.3 is 0 Å². The van der Waals surface area contributed by atoms with E-state index in [0.717, 1.165) is 16.6 Å². The summed E-state index contributed by atoms with van der Waals surface area (Å²) in [4.78, 5) is 0. The molecule has 0 atom stereocenters. The molecule has 0 bridgehead atoms. The lowest BCUT2D eigenvalue weighted by Gasteiger charge is -2.19. The smallest absolute Gasteiger partial charge is 0.133 e. The van der Waals surface area contributed by atoms with Crippen LogP contribution in [0.15, 0.2) is 16.6 Å². The van der Waals surface area contributed by atoms with Crippen molar-refractivity contribution in [1.82, 2.24) is 0 Å². The fourth-order valence-corrected chi connectivity index (χ4v) is 2.81. The highest BCUT2D eigenvalue weighted by atomic mass is 79.9. The first-order valence-corrected chi connectivity index (χ1v) is 6.54. The minimum Gasteiger partial charge on any atom is -0.490 e. The van der Waals surface area contributed by atoms with Crippen molar-refractivity contribution in [2.75, 3.05) is 20.3 Å². The van der Waals surface area contributed by atoms with E-state index in [9.17, 15) is 0 Å². The van der Waals surface area contributed by atoms with Gasteiger partial charge in [-0.05, 0) is 58.8 Å². The first-order chi connectivity index (χ1) is 7.83. The molecule has 0 aliphatic heterocycles. The summed E-state index contributed by atoms with van der Waals surface area (Å²) in [6.07, 6.45) is 4.96. The second-order valence-electron chi connectivity index (χ2n) is 4.06. The lowest BCUT2D eigenvalue weighted by Crippen LogP contribution is -2.08. The van der Waals surface area contributed by atoms with Crippen molar-refractivity contribution in [3.63, 3.8) is 0 Å². The van der Waals surface area contributed by atoms with Crippen LogP contribution in [0.2, 0.25) is 0 Å². The maximum absolute atomic E-state index is 5.67. The fraction of sp³-hybridized carbons (Fsp3) is 0.538. The molecule has 0 heterocycles. The van der Waals surface area contributed by atoms with Gasteiger partial charge in [0.25, 0.3) is 0 Å². The molecule has 1 aliphatic rings. The van der Waals surface area contributed by atoms with E-state index in [4.69, 9.17) is 9.47 Å². The summed E-state index contributed by atoms with van der Waals surface area (Å²) in [7, 11) is 1.69. The van der Waals surface area contributed by atoms with Gasteiger partial charge in [-0.1, -0.05) is 6.07 Å². The van der Waals surface area contributed by atoms with E-state index in [2.05, 4.69) is 28.1 Å². The summed E-state index contributed by atoms with van der Waals surface area (Å²) >= 11 is 3.65. The monoisotopic (exact) mass is 284 g/mol. The number of fused-ring (bicyclic) bond motifs is 1. The summed E-state index contributed by atoms with van der Waals surface area (Å²) in [5.41, 5.74) is 2.90. The summed E-state index contributed by atoms with van der Waals surface area (Å²) in [6.45, 7) is 1.23. The summed E-state index contributed by atoms with van der Waals surface area (Å²) < 4.78 is 11.8. The zero-order valence-corrected chi connectivity index (χ0v) is 11.2. The molecule has 3 heteroatoms. The van der Waals surface area contributed by atoms with Crippen molar-refractivity contribution in [2.24, 2.45) is 0 Å². The average Bonchev–Trinajstić information content (AvgIpc) is 2.33. The third kappa shape index (κ3) is 2.58. The van der Waals surface area contributed by atoms with Crippen molar-refractivity contribution < 1.29 is 9.47 Å². The fourth-order valence-electron chi connectivity index (χ4n) is 2.11. The van der Waals surface area contributed by atoms with Gasteiger partial charge in [0, 0.05) is 7.11 Å². The van der Waals surface area contributed by atoms with E-state index in [0.29, 0.717) is 13.2 Å². The minimum absolute atomic E-state index is 0.605. The van der Waals surface area contributed by atoms with E-state index < -0.39 is 0 Å². The van der Waals surface area contributed by atoms with Gasteiger partial charge in [0.2, 0.25) is 0 Å². The van der Waals surface area contributed by atoms with Crippen molar-refractivity contribution in [3.05, 3.63) is 27.7 Å². The normalized spacial score (nSPS) is 14.6. The first-order valence-electron chi connectivity index (χ1n) is 5.75. The third-order valence-electron chi connectivity index (χ3n) is 2.97. The Hall–Kier alpha value is -0.540. The van der Waals surface area contributed by atoms with Gasteiger partial charge < -0.3 is 9.47 Å². The van der Waals surface area contributed by atoms with Crippen LogP contribution in [0.5, 0.6) is 5.75 Å². The van der Waals surface area contributed by atoms with E-state index >= 15 is 0 Å². The Labute approximate surface area is 105 Å². The number of hydrogen-bond donors (Lipinski definition) is 0. The number of hydrogen-bond acceptors (Lipinski definition) is 2. The van der Waals surface area contributed by atoms with E-state index in [1.165, 1.54) is 30.4 Å². The zero-order valence-electron chi connectivity index (χ0n) is 9.59. The van der Waals surface area contributed by atoms with Crippen LogP contribution in [0.1, 0.15) is 24.0 Å². The Kier molecular flexibility index (Phi) is 4.24. The summed E-state index contributed by atoms with van der Waals surface area (Å²) in [5.74, 6) is 0.942. The van der Waals surface area contributed by atoms with Crippen molar-refractivity contribution >= 4 is 15.9 Å². The lowest BCUT2D eigenvalue weighted by molar-refractivity contribution is 0.146. The van der Waals surface area contributed by atoms with Crippen LogP contribution in [-0.4, -0.2) is 20.3 Å². The SMILES string of the molecule is COCCOc1ccc2c(c1Br)CCCC2. The third-order valence-corrected chi connectivity index (χ3v) is 3.84. The zero-order chi connectivity index (χ0) is 11.4. The Morgan fingerprint density at radius 1 is 1.19 bits per heavy atom. The van der Waals surface area contributed by atoms with Crippen molar-refractivity contribution in [3.8, 4) is 5.75 Å². The Bertz CT molecular complexity index is 363.